The zero-order valence-corrected chi connectivity index (χ0v) is 15.7. The summed E-state index contributed by atoms with van der Waals surface area (Å²) in [7, 11) is 0. The lowest BCUT2D eigenvalue weighted by Gasteiger charge is -2.32. The van der Waals surface area contributed by atoms with Crippen molar-refractivity contribution in [2.45, 2.75) is 38.5 Å². The summed E-state index contributed by atoms with van der Waals surface area (Å²) in [5.74, 6) is 0. The van der Waals surface area contributed by atoms with Gasteiger partial charge in [-0.2, -0.15) is 0 Å². The second-order valence-corrected chi connectivity index (χ2v) is 7.56. The smallest absolute Gasteiger partial charge is 0.0175 e. The van der Waals surface area contributed by atoms with E-state index in [0.29, 0.717) is 0 Å². The number of fused-ring (bicyclic) bond motifs is 2. The SMILES string of the molecule is CCCCC(C)(c1ccc2ccccc2c1)c1ccc2ccccc2c1. The first-order chi connectivity index (χ1) is 12.7. The normalized spacial score (nSPS) is 11.9. The third kappa shape index (κ3) is 3.01. The monoisotopic (exact) mass is 338 g/mol. The van der Waals surface area contributed by atoms with Crippen LogP contribution in [0.4, 0.5) is 0 Å². The molecule has 0 amide bonds. The number of unbranched alkanes of at least 4 members (excludes halogenated alkanes) is 1. The molecule has 0 saturated carbocycles. The van der Waals surface area contributed by atoms with Crippen molar-refractivity contribution in [3.63, 3.8) is 0 Å². The third-order valence-corrected chi connectivity index (χ3v) is 5.80. The molecule has 0 aliphatic rings. The fourth-order valence-electron chi connectivity index (χ4n) is 4.05. The van der Waals surface area contributed by atoms with E-state index >= 15 is 0 Å². The van der Waals surface area contributed by atoms with Crippen LogP contribution in [0.3, 0.4) is 0 Å². The fraction of sp³-hybridized carbons (Fsp3) is 0.231. The molecule has 0 nitrogen and oxygen atoms in total. The summed E-state index contributed by atoms with van der Waals surface area (Å²) in [4.78, 5) is 0. The van der Waals surface area contributed by atoms with Crippen LogP contribution in [0, 0.1) is 0 Å². The van der Waals surface area contributed by atoms with Gasteiger partial charge in [0.05, 0.1) is 0 Å². The predicted octanol–water partition coefficient (Wildman–Crippen LogP) is 7.49. The van der Waals surface area contributed by atoms with Crippen LogP contribution >= 0.6 is 0 Å². The Bertz CT molecular complexity index is 962. The van der Waals surface area contributed by atoms with E-state index in [1.165, 1.54) is 51.9 Å². The Morgan fingerprint density at radius 2 is 1.08 bits per heavy atom. The molecule has 26 heavy (non-hydrogen) atoms. The molecule has 0 unspecified atom stereocenters. The number of benzene rings is 4. The molecule has 0 atom stereocenters. The van der Waals surface area contributed by atoms with Gasteiger partial charge in [-0.1, -0.05) is 112 Å². The third-order valence-electron chi connectivity index (χ3n) is 5.80. The van der Waals surface area contributed by atoms with Gasteiger partial charge in [-0.3, -0.25) is 0 Å². The largest absolute Gasteiger partial charge is 0.0654 e. The molecule has 0 fully saturated rings. The molecule has 4 aromatic carbocycles. The first kappa shape index (κ1) is 16.8. The highest BCUT2D eigenvalue weighted by molar-refractivity contribution is 5.85. The van der Waals surface area contributed by atoms with Gasteiger partial charge in [0.15, 0.2) is 0 Å². The maximum absolute atomic E-state index is 2.41. The van der Waals surface area contributed by atoms with Gasteiger partial charge in [-0.25, -0.2) is 0 Å². The number of rotatable bonds is 5. The van der Waals surface area contributed by atoms with Gasteiger partial charge in [0, 0.05) is 5.41 Å². The first-order valence-electron chi connectivity index (χ1n) is 9.69. The zero-order valence-electron chi connectivity index (χ0n) is 15.7. The second kappa shape index (κ2) is 6.96. The van der Waals surface area contributed by atoms with Gasteiger partial charge >= 0.3 is 0 Å². The van der Waals surface area contributed by atoms with Crippen molar-refractivity contribution in [1.29, 1.82) is 0 Å². The lowest BCUT2D eigenvalue weighted by Crippen LogP contribution is -2.23. The van der Waals surface area contributed by atoms with Crippen molar-refractivity contribution in [1.82, 2.24) is 0 Å². The quantitative estimate of drug-likeness (QED) is 0.353. The van der Waals surface area contributed by atoms with E-state index < -0.39 is 0 Å². The molecule has 4 aromatic rings. The van der Waals surface area contributed by atoms with E-state index in [9.17, 15) is 0 Å². The van der Waals surface area contributed by atoms with Gasteiger partial charge in [0.2, 0.25) is 0 Å². The van der Waals surface area contributed by atoms with Crippen LogP contribution in [-0.4, -0.2) is 0 Å². The summed E-state index contributed by atoms with van der Waals surface area (Å²) in [5, 5.41) is 5.28. The van der Waals surface area contributed by atoms with E-state index in [1.807, 2.05) is 0 Å². The summed E-state index contributed by atoms with van der Waals surface area (Å²) in [5.41, 5.74) is 2.87. The van der Waals surface area contributed by atoms with E-state index in [0.717, 1.165) is 0 Å². The molecule has 0 radical (unpaired) electrons. The van der Waals surface area contributed by atoms with Gasteiger partial charge in [0.25, 0.3) is 0 Å². The number of hydrogen-bond donors (Lipinski definition) is 0. The highest BCUT2D eigenvalue weighted by atomic mass is 14.3. The van der Waals surface area contributed by atoms with Gasteiger partial charge < -0.3 is 0 Å². The molecule has 0 aromatic heterocycles. The average molecular weight is 338 g/mol. The maximum Gasteiger partial charge on any atom is 0.0175 e. The van der Waals surface area contributed by atoms with Crippen LogP contribution < -0.4 is 0 Å². The molecular formula is C26H26. The Hall–Kier alpha value is -2.60. The Kier molecular flexibility index (Phi) is 4.51. The summed E-state index contributed by atoms with van der Waals surface area (Å²) in [6.45, 7) is 4.69. The molecule has 0 bridgehead atoms. The van der Waals surface area contributed by atoms with Crippen molar-refractivity contribution < 1.29 is 0 Å². The van der Waals surface area contributed by atoms with Crippen LogP contribution in [0.1, 0.15) is 44.2 Å². The fourth-order valence-corrected chi connectivity index (χ4v) is 4.05. The minimum Gasteiger partial charge on any atom is -0.0654 e. The zero-order chi connectivity index (χ0) is 18.0. The predicted molar refractivity (Wildman–Crippen MR) is 114 cm³/mol. The Labute approximate surface area is 156 Å². The topological polar surface area (TPSA) is 0 Å². The van der Waals surface area contributed by atoms with Crippen molar-refractivity contribution >= 4 is 21.5 Å². The van der Waals surface area contributed by atoms with Crippen LogP contribution in [-0.2, 0) is 5.41 Å². The Morgan fingerprint density at radius 3 is 1.54 bits per heavy atom. The second-order valence-electron chi connectivity index (χ2n) is 7.56. The Morgan fingerprint density at radius 1 is 0.615 bits per heavy atom. The van der Waals surface area contributed by atoms with E-state index in [1.54, 1.807) is 0 Å². The molecule has 0 aliphatic heterocycles. The lowest BCUT2D eigenvalue weighted by atomic mass is 9.72. The Balaban J connectivity index is 1.87. The molecule has 130 valence electrons. The van der Waals surface area contributed by atoms with Crippen LogP contribution in [0.25, 0.3) is 21.5 Å². The van der Waals surface area contributed by atoms with Crippen molar-refractivity contribution in [2.24, 2.45) is 0 Å². The van der Waals surface area contributed by atoms with Gasteiger partial charge in [-0.05, 0) is 39.1 Å². The minimum atomic E-state index is 0.0318. The van der Waals surface area contributed by atoms with E-state index in [4.69, 9.17) is 0 Å². The molecule has 0 heteroatoms. The summed E-state index contributed by atoms with van der Waals surface area (Å²) in [6.07, 6.45) is 3.62. The van der Waals surface area contributed by atoms with Crippen LogP contribution in [0.15, 0.2) is 84.9 Å². The molecule has 0 spiro atoms. The summed E-state index contributed by atoms with van der Waals surface area (Å²) < 4.78 is 0. The molecule has 4 rings (SSSR count). The first-order valence-corrected chi connectivity index (χ1v) is 9.69. The molecule has 0 aliphatic carbocycles. The van der Waals surface area contributed by atoms with Gasteiger partial charge in [0.1, 0.15) is 0 Å². The van der Waals surface area contributed by atoms with E-state index in [2.05, 4.69) is 98.8 Å². The van der Waals surface area contributed by atoms with Crippen LogP contribution in [0.5, 0.6) is 0 Å². The van der Waals surface area contributed by atoms with Crippen molar-refractivity contribution in [3.8, 4) is 0 Å². The maximum atomic E-state index is 2.41. The minimum absolute atomic E-state index is 0.0318. The molecule has 0 saturated heterocycles. The number of hydrogen-bond acceptors (Lipinski definition) is 0. The van der Waals surface area contributed by atoms with Crippen LogP contribution in [0.2, 0.25) is 0 Å². The standard InChI is InChI=1S/C26H26/c1-3-4-17-26(2,24-15-13-20-9-5-7-11-22(20)18-24)25-16-14-21-10-6-8-12-23(21)19-25/h5-16,18-19H,3-4,17H2,1-2H3. The highest BCUT2D eigenvalue weighted by Gasteiger charge is 2.28. The molecular weight excluding hydrogens is 312 g/mol. The van der Waals surface area contributed by atoms with Gasteiger partial charge in [-0.15, -0.1) is 0 Å². The lowest BCUT2D eigenvalue weighted by molar-refractivity contribution is 0.494. The summed E-state index contributed by atoms with van der Waals surface area (Å²) >= 11 is 0. The average Bonchev–Trinajstić information content (AvgIpc) is 2.71. The van der Waals surface area contributed by atoms with E-state index in [-0.39, 0.29) is 5.41 Å². The highest BCUT2D eigenvalue weighted by Crippen LogP contribution is 2.39. The molecule has 0 heterocycles. The molecule has 0 N–H and O–H groups in total. The summed E-state index contributed by atoms with van der Waals surface area (Å²) in [6, 6.07) is 31.3. The van der Waals surface area contributed by atoms with Crippen molar-refractivity contribution in [2.75, 3.05) is 0 Å². The van der Waals surface area contributed by atoms with Crippen molar-refractivity contribution in [3.05, 3.63) is 96.1 Å².